The zero-order valence-electron chi connectivity index (χ0n) is 13.0. The Morgan fingerprint density at radius 3 is 2.79 bits per heavy atom. The summed E-state index contributed by atoms with van der Waals surface area (Å²) in [4.78, 5) is 16.3. The molecule has 0 unspecified atom stereocenters. The predicted octanol–water partition coefficient (Wildman–Crippen LogP) is 4.22. The molecule has 0 aliphatic rings. The Kier molecular flexibility index (Phi) is 5.01. The number of nitrogens with two attached hydrogens (primary N) is 1. The molecule has 0 saturated carbocycles. The number of halogens is 1. The van der Waals surface area contributed by atoms with Gasteiger partial charge in [0.15, 0.2) is 11.7 Å². The van der Waals surface area contributed by atoms with Gasteiger partial charge in [0.1, 0.15) is 5.75 Å². The number of amides is 1. The first-order valence-corrected chi connectivity index (χ1v) is 9.03. The van der Waals surface area contributed by atoms with Crippen LogP contribution in [0.2, 0.25) is 0 Å². The Morgan fingerprint density at radius 2 is 2.08 bits per heavy atom. The fourth-order valence-electron chi connectivity index (χ4n) is 2.25. The van der Waals surface area contributed by atoms with E-state index >= 15 is 0 Å². The number of aryl methyl sites for hydroxylation is 1. The van der Waals surface area contributed by atoms with E-state index < -0.39 is 0 Å². The fraction of sp³-hybridized carbons (Fsp3) is 0.176. The number of nitrogens with one attached hydrogen (secondary N) is 1. The summed E-state index contributed by atoms with van der Waals surface area (Å²) < 4.78 is 7.21. The van der Waals surface area contributed by atoms with E-state index in [1.54, 1.807) is 6.07 Å². The average molecular weight is 406 g/mol. The van der Waals surface area contributed by atoms with Crippen molar-refractivity contribution in [3.63, 3.8) is 0 Å². The Labute approximate surface area is 152 Å². The molecule has 0 radical (unpaired) electrons. The van der Waals surface area contributed by atoms with Crippen LogP contribution in [0.25, 0.3) is 10.2 Å². The molecular formula is C17H16BrN3O2S. The summed E-state index contributed by atoms with van der Waals surface area (Å²) in [6.07, 6.45) is 0.972. The molecule has 3 aromatic rings. The van der Waals surface area contributed by atoms with Crippen LogP contribution in [-0.2, 0) is 11.2 Å². The molecule has 2 aromatic carbocycles. The number of benzene rings is 2. The lowest BCUT2D eigenvalue weighted by Crippen LogP contribution is -2.20. The van der Waals surface area contributed by atoms with Gasteiger partial charge in [-0.1, -0.05) is 30.4 Å². The highest BCUT2D eigenvalue weighted by Crippen LogP contribution is 2.32. The van der Waals surface area contributed by atoms with Crippen LogP contribution in [0.15, 0.2) is 40.9 Å². The molecule has 24 heavy (non-hydrogen) atoms. The number of ether oxygens (including phenoxy) is 1. The molecule has 3 rings (SSSR count). The minimum absolute atomic E-state index is 0.0496. The average Bonchev–Trinajstić information content (AvgIpc) is 2.94. The van der Waals surface area contributed by atoms with Crippen LogP contribution in [-0.4, -0.2) is 17.5 Å². The first-order valence-electron chi connectivity index (χ1n) is 7.42. The quantitative estimate of drug-likeness (QED) is 0.665. The van der Waals surface area contributed by atoms with Gasteiger partial charge in [0.2, 0.25) is 0 Å². The van der Waals surface area contributed by atoms with Gasteiger partial charge in [-0.3, -0.25) is 4.79 Å². The number of rotatable bonds is 5. The molecule has 3 N–H and O–H groups in total. The van der Waals surface area contributed by atoms with Gasteiger partial charge in [-0.25, -0.2) is 4.98 Å². The summed E-state index contributed by atoms with van der Waals surface area (Å²) >= 11 is 4.82. The number of fused-ring (bicyclic) bond motifs is 1. The van der Waals surface area contributed by atoms with Crippen molar-refractivity contribution in [2.45, 2.75) is 13.3 Å². The third-order valence-corrected chi connectivity index (χ3v) is 4.89. The summed E-state index contributed by atoms with van der Waals surface area (Å²) in [6, 6.07) is 11.4. The second-order valence-electron chi connectivity index (χ2n) is 5.19. The lowest BCUT2D eigenvalue weighted by Gasteiger charge is -2.08. The highest BCUT2D eigenvalue weighted by atomic mass is 79.9. The lowest BCUT2D eigenvalue weighted by molar-refractivity contribution is -0.118. The summed E-state index contributed by atoms with van der Waals surface area (Å²) in [5.74, 6) is 0.451. The van der Waals surface area contributed by atoms with Crippen molar-refractivity contribution >= 4 is 54.2 Å². The van der Waals surface area contributed by atoms with Crippen LogP contribution in [0, 0.1) is 0 Å². The molecular weight excluding hydrogens is 390 g/mol. The van der Waals surface area contributed by atoms with E-state index in [0.717, 1.165) is 21.1 Å². The van der Waals surface area contributed by atoms with Crippen molar-refractivity contribution in [1.82, 2.24) is 4.98 Å². The maximum absolute atomic E-state index is 12.1. The number of carbonyl (C=O) groups excluding carboxylic acids is 1. The summed E-state index contributed by atoms with van der Waals surface area (Å²) in [5, 5.41) is 3.31. The second-order valence-corrected chi connectivity index (χ2v) is 7.11. The van der Waals surface area contributed by atoms with Crippen molar-refractivity contribution in [3.05, 3.63) is 46.4 Å². The minimum Gasteiger partial charge on any atom is -0.484 e. The third kappa shape index (κ3) is 3.85. The van der Waals surface area contributed by atoms with E-state index in [1.807, 2.05) is 30.3 Å². The normalized spacial score (nSPS) is 10.8. The number of hydrogen-bond donors (Lipinski definition) is 2. The summed E-state index contributed by atoms with van der Waals surface area (Å²) in [5.41, 5.74) is 8.42. The van der Waals surface area contributed by atoms with Crippen molar-refractivity contribution in [1.29, 1.82) is 0 Å². The molecule has 0 aliphatic carbocycles. The van der Waals surface area contributed by atoms with Crippen molar-refractivity contribution in [2.24, 2.45) is 0 Å². The van der Waals surface area contributed by atoms with Crippen LogP contribution in [0.3, 0.4) is 0 Å². The molecule has 1 heterocycles. The van der Waals surface area contributed by atoms with E-state index in [0.29, 0.717) is 16.6 Å². The number of carbonyl (C=O) groups is 1. The zero-order valence-corrected chi connectivity index (χ0v) is 15.4. The minimum atomic E-state index is -0.224. The van der Waals surface area contributed by atoms with Gasteiger partial charge in [0, 0.05) is 10.2 Å². The fourth-order valence-corrected chi connectivity index (χ4v) is 3.73. The van der Waals surface area contributed by atoms with Crippen LogP contribution < -0.4 is 15.8 Å². The standard InChI is InChI=1S/C17H16BrN3O2S/c1-2-10-3-5-12(6-4-10)23-9-15(22)20-11-7-13(18)16-14(8-11)24-17(19)21-16/h3-8H,2,9H2,1H3,(H2,19,21)(H,20,22). The molecule has 1 amide bonds. The van der Waals surface area contributed by atoms with Crippen molar-refractivity contribution < 1.29 is 9.53 Å². The van der Waals surface area contributed by atoms with E-state index in [9.17, 15) is 4.79 Å². The maximum Gasteiger partial charge on any atom is 0.262 e. The first kappa shape index (κ1) is 16.7. The van der Waals surface area contributed by atoms with Crippen LogP contribution in [0.1, 0.15) is 12.5 Å². The highest BCUT2D eigenvalue weighted by Gasteiger charge is 2.10. The monoisotopic (exact) mass is 405 g/mol. The first-order chi connectivity index (χ1) is 11.5. The number of anilines is 2. The van der Waals surface area contributed by atoms with Crippen LogP contribution >= 0.6 is 27.3 Å². The number of hydrogen-bond acceptors (Lipinski definition) is 5. The Bertz CT molecular complexity index is 877. The van der Waals surface area contributed by atoms with E-state index in [-0.39, 0.29) is 12.5 Å². The van der Waals surface area contributed by atoms with Gasteiger partial charge >= 0.3 is 0 Å². The third-order valence-electron chi connectivity index (χ3n) is 3.45. The molecule has 0 saturated heterocycles. The molecule has 1 aromatic heterocycles. The van der Waals surface area contributed by atoms with Gasteiger partial charge < -0.3 is 15.8 Å². The van der Waals surface area contributed by atoms with Gasteiger partial charge in [0.25, 0.3) is 5.91 Å². The molecule has 0 spiro atoms. The van der Waals surface area contributed by atoms with E-state index in [1.165, 1.54) is 16.9 Å². The molecule has 0 bridgehead atoms. The second kappa shape index (κ2) is 7.19. The Morgan fingerprint density at radius 1 is 1.33 bits per heavy atom. The molecule has 5 nitrogen and oxygen atoms in total. The highest BCUT2D eigenvalue weighted by molar-refractivity contribution is 9.10. The van der Waals surface area contributed by atoms with E-state index in [2.05, 4.69) is 33.2 Å². The Hall–Kier alpha value is -2.12. The SMILES string of the molecule is CCc1ccc(OCC(=O)Nc2cc(Br)c3nc(N)sc3c2)cc1. The smallest absolute Gasteiger partial charge is 0.262 e. The molecule has 0 fully saturated rings. The largest absolute Gasteiger partial charge is 0.484 e. The lowest BCUT2D eigenvalue weighted by atomic mass is 10.2. The van der Waals surface area contributed by atoms with Gasteiger partial charge in [0.05, 0.1) is 10.2 Å². The van der Waals surface area contributed by atoms with Crippen LogP contribution in [0.5, 0.6) is 5.75 Å². The maximum atomic E-state index is 12.1. The van der Waals surface area contributed by atoms with Crippen molar-refractivity contribution in [3.8, 4) is 5.75 Å². The van der Waals surface area contributed by atoms with Gasteiger partial charge in [-0.2, -0.15) is 0 Å². The van der Waals surface area contributed by atoms with Crippen molar-refractivity contribution in [2.75, 3.05) is 17.7 Å². The molecule has 124 valence electrons. The summed E-state index contributed by atoms with van der Waals surface area (Å²) in [6.45, 7) is 2.04. The predicted molar refractivity (Wildman–Crippen MR) is 102 cm³/mol. The summed E-state index contributed by atoms with van der Waals surface area (Å²) in [7, 11) is 0. The number of thiazole rings is 1. The number of aromatic nitrogens is 1. The topological polar surface area (TPSA) is 77.2 Å². The molecule has 0 aliphatic heterocycles. The van der Waals surface area contributed by atoms with Gasteiger partial charge in [-0.05, 0) is 52.2 Å². The number of nitrogens with zero attached hydrogens (tertiary/aromatic N) is 1. The van der Waals surface area contributed by atoms with Crippen LogP contribution in [0.4, 0.5) is 10.8 Å². The van der Waals surface area contributed by atoms with E-state index in [4.69, 9.17) is 10.5 Å². The number of nitrogen functional groups attached to an aromatic ring is 1. The molecule has 7 heteroatoms. The zero-order chi connectivity index (χ0) is 17.1. The molecule has 0 atom stereocenters. The Balaban J connectivity index is 1.63. The van der Waals surface area contributed by atoms with Gasteiger partial charge in [-0.15, -0.1) is 0 Å².